The summed E-state index contributed by atoms with van der Waals surface area (Å²) < 4.78 is 0. The van der Waals surface area contributed by atoms with Crippen LogP contribution in [0.5, 0.6) is 0 Å². The summed E-state index contributed by atoms with van der Waals surface area (Å²) in [7, 11) is 0. The zero-order valence-electron chi connectivity index (χ0n) is 9.85. The summed E-state index contributed by atoms with van der Waals surface area (Å²) in [6.07, 6.45) is 9.74. The van der Waals surface area contributed by atoms with Gasteiger partial charge in [0.15, 0.2) is 5.82 Å². The van der Waals surface area contributed by atoms with E-state index in [1.165, 1.54) is 38.5 Å². The van der Waals surface area contributed by atoms with Crippen LogP contribution in [0.4, 0.5) is 5.82 Å². The first-order valence-corrected chi connectivity index (χ1v) is 6.84. The van der Waals surface area contributed by atoms with E-state index in [1.807, 2.05) is 0 Å². The van der Waals surface area contributed by atoms with Crippen LogP contribution in [0.25, 0.3) is 0 Å². The summed E-state index contributed by atoms with van der Waals surface area (Å²) in [6.45, 7) is 1.08. The Balaban J connectivity index is 1.85. The summed E-state index contributed by atoms with van der Waals surface area (Å²) in [4.78, 5) is 6.70. The van der Waals surface area contributed by atoms with Gasteiger partial charge >= 0.3 is 0 Å². The van der Waals surface area contributed by atoms with Gasteiger partial charge in [0, 0.05) is 12.6 Å². The molecular weight excluding hydrogens is 236 g/mol. The molecule has 0 radical (unpaired) electrons. The quantitative estimate of drug-likeness (QED) is 0.771. The van der Waals surface area contributed by atoms with Gasteiger partial charge in [0.1, 0.15) is 0 Å². The third-order valence-corrected chi connectivity index (χ3v) is 4.22. The standard InChI is InChI=1S/C12H17ClN4/c13-12-15-11(8-14-16-12)17-7-3-5-9-4-1-2-6-10(9)17/h8-10H,1-7H2. The number of anilines is 1. The molecule has 0 amide bonds. The van der Waals surface area contributed by atoms with Crippen molar-refractivity contribution in [2.24, 2.45) is 5.92 Å². The second-order valence-corrected chi connectivity index (χ2v) is 5.37. The van der Waals surface area contributed by atoms with E-state index in [0.717, 1.165) is 18.3 Å². The van der Waals surface area contributed by atoms with Crippen LogP contribution in [0, 0.1) is 5.92 Å². The Bertz CT molecular complexity index is 396. The molecule has 1 aromatic rings. The zero-order valence-corrected chi connectivity index (χ0v) is 10.6. The topological polar surface area (TPSA) is 41.9 Å². The average Bonchev–Trinajstić information content (AvgIpc) is 2.38. The molecular formula is C12H17ClN4. The zero-order chi connectivity index (χ0) is 11.7. The highest BCUT2D eigenvalue weighted by atomic mass is 35.5. The first kappa shape index (κ1) is 11.2. The van der Waals surface area contributed by atoms with E-state index in [-0.39, 0.29) is 5.28 Å². The monoisotopic (exact) mass is 252 g/mol. The molecule has 0 aromatic carbocycles. The number of hydrogen-bond acceptors (Lipinski definition) is 4. The third-order valence-electron chi connectivity index (χ3n) is 4.06. The molecule has 1 aliphatic carbocycles. The minimum atomic E-state index is 0.250. The highest BCUT2D eigenvalue weighted by Gasteiger charge is 2.33. The molecule has 1 saturated heterocycles. The minimum Gasteiger partial charge on any atom is -0.352 e. The van der Waals surface area contributed by atoms with E-state index in [0.29, 0.717) is 6.04 Å². The van der Waals surface area contributed by atoms with E-state index >= 15 is 0 Å². The molecule has 1 saturated carbocycles. The van der Waals surface area contributed by atoms with Gasteiger partial charge in [-0.2, -0.15) is 10.1 Å². The van der Waals surface area contributed by atoms with Crippen molar-refractivity contribution >= 4 is 17.4 Å². The van der Waals surface area contributed by atoms with E-state index in [2.05, 4.69) is 20.1 Å². The normalized spacial score (nSPS) is 28.9. The predicted molar refractivity (Wildman–Crippen MR) is 67.2 cm³/mol. The second-order valence-electron chi connectivity index (χ2n) is 5.03. The lowest BCUT2D eigenvalue weighted by Crippen LogP contribution is -2.47. The molecule has 2 fully saturated rings. The fraction of sp³-hybridized carbons (Fsp3) is 0.750. The molecule has 17 heavy (non-hydrogen) atoms. The Morgan fingerprint density at radius 2 is 2.00 bits per heavy atom. The van der Waals surface area contributed by atoms with Crippen molar-refractivity contribution in [3.05, 3.63) is 11.5 Å². The lowest BCUT2D eigenvalue weighted by atomic mass is 9.78. The first-order valence-electron chi connectivity index (χ1n) is 6.46. The lowest BCUT2D eigenvalue weighted by Gasteiger charge is -2.44. The number of piperidine rings is 1. The van der Waals surface area contributed by atoms with Crippen LogP contribution in [-0.2, 0) is 0 Å². The predicted octanol–water partition coefficient (Wildman–Crippen LogP) is 2.68. The van der Waals surface area contributed by atoms with E-state index < -0.39 is 0 Å². The number of halogens is 1. The molecule has 5 heteroatoms. The van der Waals surface area contributed by atoms with Crippen molar-refractivity contribution < 1.29 is 0 Å². The molecule has 2 aliphatic rings. The number of rotatable bonds is 1. The van der Waals surface area contributed by atoms with E-state index in [4.69, 9.17) is 11.6 Å². The van der Waals surface area contributed by atoms with Gasteiger partial charge in [-0.05, 0) is 43.2 Å². The maximum Gasteiger partial charge on any atom is 0.244 e. The highest BCUT2D eigenvalue weighted by molar-refractivity contribution is 6.28. The smallest absolute Gasteiger partial charge is 0.244 e. The van der Waals surface area contributed by atoms with Gasteiger partial charge in [-0.3, -0.25) is 0 Å². The molecule has 2 atom stereocenters. The summed E-state index contributed by atoms with van der Waals surface area (Å²) >= 11 is 5.83. The number of fused-ring (bicyclic) bond motifs is 1. The summed E-state index contributed by atoms with van der Waals surface area (Å²) in [5, 5.41) is 7.88. The molecule has 92 valence electrons. The number of nitrogens with zero attached hydrogens (tertiary/aromatic N) is 4. The molecule has 2 unspecified atom stereocenters. The molecule has 4 nitrogen and oxygen atoms in total. The van der Waals surface area contributed by atoms with Gasteiger partial charge < -0.3 is 4.90 Å². The summed E-state index contributed by atoms with van der Waals surface area (Å²) in [5.74, 6) is 1.74. The van der Waals surface area contributed by atoms with Crippen molar-refractivity contribution in [2.75, 3.05) is 11.4 Å². The maximum absolute atomic E-state index is 5.83. The second kappa shape index (κ2) is 4.77. The fourth-order valence-electron chi connectivity index (χ4n) is 3.32. The number of hydrogen-bond donors (Lipinski definition) is 0. The Labute approximate surface area is 106 Å². The summed E-state index contributed by atoms with van der Waals surface area (Å²) in [6, 6.07) is 0.644. The van der Waals surface area contributed by atoms with Crippen LogP contribution < -0.4 is 4.90 Å². The Morgan fingerprint density at radius 1 is 1.18 bits per heavy atom. The molecule has 3 rings (SSSR count). The van der Waals surface area contributed by atoms with Gasteiger partial charge in [-0.25, -0.2) is 0 Å². The van der Waals surface area contributed by atoms with Crippen molar-refractivity contribution in [2.45, 2.75) is 44.6 Å². The first-order chi connectivity index (χ1) is 8.34. The van der Waals surface area contributed by atoms with Gasteiger partial charge in [0.05, 0.1) is 6.20 Å². The van der Waals surface area contributed by atoms with Crippen LogP contribution >= 0.6 is 11.6 Å². The van der Waals surface area contributed by atoms with Gasteiger partial charge in [-0.1, -0.05) is 12.8 Å². The Morgan fingerprint density at radius 3 is 2.88 bits per heavy atom. The van der Waals surface area contributed by atoms with Gasteiger partial charge in [0.25, 0.3) is 0 Å². The Hall–Kier alpha value is -0.900. The van der Waals surface area contributed by atoms with Crippen LogP contribution in [0.15, 0.2) is 6.20 Å². The van der Waals surface area contributed by atoms with Gasteiger partial charge in [-0.15, -0.1) is 5.10 Å². The summed E-state index contributed by atoms with van der Waals surface area (Å²) in [5.41, 5.74) is 0. The molecule has 1 aromatic heterocycles. The Kier molecular flexibility index (Phi) is 3.14. The minimum absolute atomic E-state index is 0.250. The highest BCUT2D eigenvalue weighted by Crippen LogP contribution is 2.36. The molecule has 1 aliphatic heterocycles. The average molecular weight is 253 g/mol. The third kappa shape index (κ3) is 2.23. The van der Waals surface area contributed by atoms with Crippen molar-refractivity contribution in [1.29, 1.82) is 0 Å². The molecule has 0 spiro atoms. The van der Waals surface area contributed by atoms with Crippen LogP contribution in [-0.4, -0.2) is 27.8 Å². The molecule has 2 heterocycles. The SMILES string of the molecule is Clc1nncc(N2CCCC3CCCCC32)n1. The molecule has 0 N–H and O–H groups in total. The van der Waals surface area contributed by atoms with Crippen LogP contribution in [0.3, 0.4) is 0 Å². The van der Waals surface area contributed by atoms with E-state index in [9.17, 15) is 0 Å². The molecule has 0 bridgehead atoms. The van der Waals surface area contributed by atoms with Crippen LogP contribution in [0.1, 0.15) is 38.5 Å². The maximum atomic E-state index is 5.83. The van der Waals surface area contributed by atoms with Crippen molar-refractivity contribution in [1.82, 2.24) is 15.2 Å². The largest absolute Gasteiger partial charge is 0.352 e. The fourth-order valence-corrected chi connectivity index (χ4v) is 3.45. The van der Waals surface area contributed by atoms with Crippen molar-refractivity contribution in [3.63, 3.8) is 0 Å². The van der Waals surface area contributed by atoms with Gasteiger partial charge in [0.2, 0.25) is 5.28 Å². The van der Waals surface area contributed by atoms with Crippen molar-refractivity contribution in [3.8, 4) is 0 Å². The lowest BCUT2D eigenvalue weighted by molar-refractivity contribution is 0.242. The number of aromatic nitrogens is 3. The van der Waals surface area contributed by atoms with Crippen LogP contribution in [0.2, 0.25) is 5.28 Å². The van der Waals surface area contributed by atoms with E-state index in [1.54, 1.807) is 6.20 Å².